The van der Waals surface area contributed by atoms with E-state index in [4.69, 9.17) is 11.6 Å². The lowest BCUT2D eigenvalue weighted by atomic mass is 10.1. The fraction of sp³-hybridized carbons (Fsp3) is 0.176. The normalized spacial score (nSPS) is 12.1. The summed E-state index contributed by atoms with van der Waals surface area (Å²) in [5.74, 6) is -0.236. The van der Waals surface area contributed by atoms with Crippen LogP contribution in [0.15, 0.2) is 41.4 Å². The standard InChI is InChI=1S/C17H15ClN2OS/c1-10-5-4-6-12(9-10)16(21)19-17-20(3)14-11(2)7-8-13(18)15(14)22-17/h4-9H,1-3H3. The van der Waals surface area contributed by atoms with E-state index in [0.717, 1.165) is 21.3 Å². The Labute approximate surface area is 137 Å². The first-order valence-corrected chi connectivity index (χ1v) is 8.07. The Balaban J connectivity index is 2.18. The average molecular weight is 331 g/mol. The van der Waals surface area contributed by atoms with Crippen molar-refractivity contribution in [3.8, 4) is 0 Å². The van der Waals surface area contributed by atoms with E-state index in [9.17, 15) is 4.79 Å². The predicted molar refractivity (Wildman–Crippen MR) is 91.6 cm³/mol. The smallest absolute Gasteiger partial charge is 0.279 e. The molecular weight excluding hydrogens is 316 g/mol. The molecule has 0 aliphatic heterocycles. The van der Waals surface area contributed by atoms with Crippen molar-refractivity contribution < 1.29 is 4.79 Å². The minimum Gasteiger partial charge on any atom is -0.319 e. The molecule has 3 nitrogen and oxygen atoms in total. The molecule has 1 heterocycles. The lowest BCUT2D eigenvalue weighted by Crippen LogP contribution is -2.13. The summed E-state index contributed by atoms with van der Waals surface area (Å²) in [4.78, 5) is 17.3. The number of carbonyl (C=O) groups excluding carboxylic acids is 1. The highest BCUT2D eigenvalue weighted by molar-refractivity contribution is 7.17. The number of aryl methyl sites for hydroxylation is 3. The molecule has 0 aliphatic rings. The number of amides is 1. The Kier molecular flexibility index (Phi) is 3.89. The summed E-state index contributed by atoms with van der Waals surface area (Å²) in [6, 6.07) is 11.3. The Hall–Kier alpha value is -1.91. The van der Waals surface area contributed by atoms with Gasteiger partial charge in [0.1, 0.15) is 0 Å². The Morgan fingerprint density at radius 3 is 2.68 bits per heavy atom. The maximum atomic E-state index is 12.4. The van der Waals surface area contributed by atoms with Crippen molar-refractivity contribution in [3.05, 3.63) is 62.9 Å². The molecule has 0 saturated heterocycles. The fourth-order valence-electron chi connectivity index (χ4n) is 2.44. The maximum absolute atomic E-state index is 12.4. The minimum atomic E-state index is -0.236. The van der Waals surface area contributed by atoms with Crippen molar-refractivity contribution in [3.63, 3.8) is 0 Å². The van der Waals surface area contributed by atoms with Gasteiger partial charge in [0.2, 0.25) is 0 Å². The molecule has 22 heavy (non-hydrogen) atoms. The van der Waals surface area contributed by atoms with Gasteiger partial charge in [0, 0.05) is 12.6 Å². The van der Waals surface area contributed by atoms with Gasteiger partial charge in [0.15, 0.2) is 4.80 Å². The van der Waals surface area contributed by atoms with Crippen LogP contribution in [-0.2, 0) is 7.05 Å². The first-order chi connectivity index (χ1) is 10.5. The molecule has 0 radical (unpaired) electrons. The molecule has 0 atom stereocenters. The topological polar surface area (TPSA) is 34.4 Å². The van der Waals surface area contributed by atoms with Crippen molar-refractivity contribution in [1.29, 1.82) is 0 Å². The number of rotatable bonds is 1. The summed E-state index contributed by atoms with van der Waals surface area (Å²) in [6.45, 7) is 3.98. The fourth-order valence-corrected chi connectivity index (χ4v) is 3.81. The van der Waals surface area contributed by atoms with Gasteiger partial charge < -0.3 is 4.57 Å². The third-order valence-electron chi connectivity index (χ3n) is 3.56. The predicted octanol–water partition coefficient (Wildman–Crippen LogP) is 4.25. The number of benzene rings is 2. The second-order valence-corrected chi connectivity index (χ2v) is 6.66. The van der Waals surface area contributed by atoms with Gasteiger partial charge in [0.05, 0.1) is 15.2 Å². The summed E-state index contributed by atoms with van der Waals surface area (Å²) in [7, 11) is 1.91. The summed E-state index contributed by atoms with van der Waals surface area (Å²) >= 11 is 7.69. The zero-order valence-electron chi connectivity index (χ0n) is 12.6. The largest absolute Gasteiger partial charge is 0.319 e. The Morgan fingerprint density at radius 2 is 2.00 bits per heavy atom. The number of carbonyl (C=O) groups is 1. The summed E-state index contributed by atoms with van der Waals surface area (Å²) < 4.78 is 2.88. The Morgan fingerprint density at radius 1 is 1.23 bits per heavy atom. The first kappa shape index (κ1) is 15.0. The molecule has 0 aliphatic carbocycles. The number of fused-ring (bicyclic) bond motifs is 1. The number of halogens is 1. The first-order valence-electron chi connectivity index (χ1n) is 6.88. The highest BCUT2D eigenvalue weighted by Crippen LogP contribution is 2.28. The van der Waals surface area contributed by atoms with Crippen LogP contribution in [0, 0.1) is 13.8 Å². The van der Waals surface area contributed by atoms with Crippen molar-refractivity contribution in [1.82, 2.24) is 4.57 Å². The van der Waals surface area contributed by atoms with Crippen molar-refractivity contribution in [2.45, 2.75) is 13.8 Å². The zero-order valence-corrected chi connectivity index (χ0v) is 14.1. The number of hydrogen-bond acceptors (Lipinski definition) is 2. The van der Waals surface area contributed by atoms with Crippen LogP contribution in [0.3, 0.4) is 0 Å². The van der Waals surface area contributed by atoms with Crippen molar-refractivity contribution in [2.24, 2.45) is 12.0 Å². The maximum Gasteiger partial charge on any atom is 0.279 e. The highest BCUT2D eigenvalue weighted by Gasteiger charge is 2.11. The van der Waals surface area contributed by atoms with E-state index in [1.54, 1.807) is 6.07 Å². The van der Waals surface area contributed by atoms with Gasteiger partial charge in [-0.25, -0.2) is 0 Å². The number of nitrogens with zero attached hydrogens (tertiary/aromatic N) is 2. The van der Waals surface area contributed by atoms with Crippen LogP contribution in [0.4, 0.5) is 0 Å². The quantitative estimate of drug-likeness (QED) is 0.656. The summed E-state index contributed by atoms with van der Waals surface area (Å²) in [5, 5.41) is 0.686. The summed E-state index contributed by atoms with van der Waals surface area (Å²) in [5.41, 5.74) is 3.77. The molecule has 3 rings (SSSR count). The molecule has 0 unspecified atom stereocenters. The monoisotopic (exact) mass is 330 g/mol. The molecule has 1 aromatic heterocycles. The minimum absolute atomic E-state index is 0.236. The molecule has 0 N–H and O–H groups in total. The molecule has 0 fully saturated rings. The van der Waals surface area contributed by atoms with Crippen LogP contribution in [0.5, 0.6) is 0 Å². The lowest BCUT2D eigenvalue weighted by Gasteiger charge is -2.01. The average Bonchev–Trinajstić information content (AvgIpc) is 2.81. The van der Waals surface area contributed by atoms with Gasteiger partial charge in [-0.1, -0.05) is 46.7 Å². The number of hydrogen-bond donors (Lipinski definition) is 0. The van der Waals surface area contributed by atoms with Gasteiger partial charge in [-0.2, -0.15) is 4.99 Å². The molecular formula is C17H15ClN2OS. The molecule has 0 spiro atoms. The van der Waals surface area contributed by atoms with Gasteiger partial charge in [-0.05, 0) is 37.6 Å². The van der Waals surface area contributed by atoms with E-state index < -0.39 is 0 Å². The number of aromatic nitrogens is 1. The van der Waals surface area contributed by atoms with Crippen LogP contribution < -0.4 is 4.80 Å². The van der Waals surface area contributed by atoms with Gasteiger partial charge in [-0.15, -0.1) is 0 Å². The van der Waals surface area contributed by atoms with Crippen LogP contribution in [0.1, 0.15) is 21.5 Å². The third-order valence-corrected chi connectivity index (χ3v) is 5.16. The second-order valence-electron chi connectivity index (χ2n) is 5.27. The summed E-state index contributed by atoms with van der Waals surface area (Å²) in [6.07, 6.45) is 0. The lowest BCUT2D eigenvalue weighted by molar-refractivity contribution is 0.0998. The van der Waals surface area contributed by atoms with E-state index in [2.05, 4.69) is 4.99 Å². The molecule has 1 amide bonds. The van der Waals surface area contributed by atoms with Crippen LogP contribution in [-0.4, -0.2) is 10.5 Å². The molecule has 0 saturated carbocycles. The van der Waals surface area contributed by atoms with Crippen molar-refractivity contribution in [2.75, 3.05) is 0 Å². The van der Waals surface area contributed by atoms with E-state index in [1.807, 2.05) is 55.8 Å². The van der Waals surface area contributed by atoms with Gasteiger partial charge in [0.25, 0.3) is 5.91 Å². The van der Waals surface area contributed by atoms with Crippen LogP contribution >= 0.6 is 22.9 Å². The zero-order chi connectivity index (χ0) is 15.9. The van der Waals surface area contributed by atoms with Gasteiger partial charge in [-0.3, -0.25) is 4.79 Å². The van der Waals surface area contributed by atoms with Gasteiger partial charge >= 0.3 is 0 Å². The third kappa shape index (κ3) is 2.60. The molecule has 0 bridgehead atoms. The Bertz CT molecular complexity index is 953. The van der Waals surface area contributed by atoms with E-state index in [1.165, 1.54) is 11.3 Å². The van der Waals surface area contributed by atoms with Crippen LogP contribution in [0.2, 0.25) is 5.02 Å². The SMILES string of the molecule is Cc1cccc(C(=O)N=c2sc3c(Cl)ccc(C)c3n2C)c1. The molecule has 5 heteroatoms. The van der Waals surface area contributed by atoms with Crippen molar-refractivity contribution >= 4 is 39.1 Å². The van der Waals surface area contributed by atoms with E-state index >= 15 is 0 Å². The number of thiazole rings is 1. The second kappa shape index (κ2) is 5.71. The molecule has 2 aromatic carbocycles. The highest BCUT2D eigenvalue weighted by atomic mass is 35.5. The van der Waals surface area contributed by atoms with E-state index in [0.29, 0.717) is 15.4 Å². The molecule has 112 valence electrons. The van der Waals surface area contributed by atoms with E-state index in [-0.39, 0.29) is 5.91 Å². The van der Waals surface area contributed by atoms with Crippen LogP contribution in [0.25, 0.3) is 10.2 Å². The molecule has 3 aromatic rings.